The topological polar surface area (TPSA) is 98.8 Å². The maximum absolute atomic E-state index is 13.0. The van der Waals surface area contributed by atoms with Gasteiger partial charge in [-0.25, -0.2) is 13.2 Å². The Kier molecular flexibility index (Phi) is 6.45. The molecule has 1 atom stereocenters. The third kappa shape index (κ3) is 5.04. The maximum Gasteiger partial charge on any atom is 0.324 e. The van der Waals surface area contributed by atoms with Crippen LogP contribution in [0.3, 0.4) is 0 Å². The Morgan fingerprint density at radius 2 is 1.64 bits per heavy atom. The summed E-state index contributed by atoms with van der Waals surface area (Å²) in [6, 6.07) is 9.47. The van der Waals surface area contributed by atoms with Gasteiger partial charge in [-0.1, -0.05) is 6.07 Å². The van der Waals surface area contributed by atoms with Gasteiger partial charge >= 0.3 is 6.03 Å². The monoisotopic (exact) mass is 470 g/mol. The highest BCUT2D eigenvalue weighted by Gasteiger charge is 2.31. The minimum absolute atomic E-state index is 0.0170. The van der Waals surface area contributed by atoms with E-state index in [1.165, 1.54) is 13.0 Å². The smallest absolute Gasteiger partial charge is 0.324 e. The molecule has 4 rings (SSSR count). The van der Waals surface area contributed by atoms with E-state index in [1.54, 1.807) is 17.0 Å². The summed E-state index contributed by atoms with van der Waals surface area (Å²) in [5.41, 5.74) is 4.22. The summed E-state index contributed by atoms with van der Waals surface area (Å²) in [5.74, 6) is -0.438. The van der Waals surface area contributed by atoms with Crippen LogP contribution < -0.4 is 14.9 Å². The number of sulfonamides is 1. The van der Waals surface area contributed by atoms with Crippen LogP contribution in [0.4, 0.5) is 16.2 Å². The van der Waals surface area contributed by atoms with E-state index < -0.39 is 22.0 Å². The van der Waals surface area contributed by atoms with E-state index >= 15 is 0 Å². The molecule has 2 heterocycles. The number of benzene rings is 2. The largest absolute Gasteiger partial charge is 0.325 e. The van der Waals surface area contributed by atoms with Crippen molar-refractivity contribution in [2.75, 3.05) is 29.9 Å². The van der Waals surface area contributed by atoms with Gasteiger partial charge in [-0.3, -0.25) is 9.69 Å². The lowest BCUT2D eigenvalue weighted by Crippen LogP contribution is -2.41. The Morgan fingerprint density at radius 1 is 0.970 bits per heavy atom. The van der Waals surface area contributed by atoms with Gasteiger partial charge in [-0.05, 0) is 87.1 Å². The predicted octanol–water partition coefficient (Wildman–Crippen LogP) is 3.19. The van der Waals surface area contributed by atoms with Gasteiger partial charge in [0, 0.05) is 31.0 Å². The van der Waals surface area contributed by atoms with E-state index in [0.717, 1.165) is 48.3 Å². The molecule has 1 unspecified atom stereocenters. The van der Waals surface area contributed by atoms with Crippen molar-refractivity contribution in [1.82, 2.24) is 9.62 Å². The molecule has 2 N–H and O–H groups in total. The first-order valence-electron chi connectivity index (χ1n) is 11.2. The molecular formula is C24H30N4O4S. The van der Waals surface area contributed by atoms with E-state index in [2.05, 4.69) is 10.0 Å². The van der Waals surface area contributed by atoms with Crippen LogP contribution in [0.2, 0.25) is 0 Å². The number of amides is 3. The van der Waals surface area contributed by atoms with Crippen LogP contribution >= 0.6 is 0 Å². The number of nitrogens with zero attached hydrogens (tertiary/aromatic N) is 2. The molecule has 0 bridgehead atoms. The van der Waals surface area contributed by atoms with Gasteiger partial charge in [0.15, 0.2) is 0 Å². The van der Waals surface area contributed by atoms with Gasteiger partial charge in [0.25, 0.3) is 0 Å². The summed E-state index contributed by atoms with van der Waals surface area (Å²) in [5, 5.41) is 2.77. The maximum atomic E-state index is 13.0. The van der Waals surface area contributed by atoms with Gasteiger partial charge in [0.2, 0.25) is 15.9 Å². The van der Waals surface area contributed by atoms with Gasteiger partial charge in [-0.2, -0.15) is 4.72 Å². The number of hydrogen-bond acceptors (Lipinski definition) is 4. The molecule has 0 aromatic heterocycles. The number of nitrogens with one attached hydrogen (secondary N) is 2. The highest BCUT2D eigenvalue weighted by molar-refractivity contribution is 7.89. The Hall–Kier alpha value is -2.91. The van der Waals surface area contributed by atoms with E-state index in [1.807, 2.05) is 36.9 Å². The summed E-state index contributed by atoms with van der Waals surface area (Å²) in [4.78, 5) is 29.0. The second-order valence-electron chi connectivity index (χ2n) is 8.88. The van der Waals surface area contributed by atoms with E-state index in [4.69, 9.17) is 0 Å². The van der Waals surface area contributed by atoms with Crippen molar-refractivity contribution in [3.05, 3.63) is 53.1 Å². The van der Waals surface area contributed by atoms with Crippen molar-refractivity contribution in [2.24, 2.45) is 0 Å². The standard InChI is InChI=1S/C24H30N4O4S/c1-16-12-17(2)14-20(13-16)25-23(29)18(3)26-33(31,32)21-6-7-22-19(15-21)8-11-28(22)24(30)27-9-4-5-10-27/h6-7,12-15,18,26H,4-5,8-11H2,1-3H3,(H,25,29). The first-order valence-corrected chi connectivity index (χ1v) is 12.7. The van der Waals surface area contributed by atoms with Gasteiger partial charge in [0.1, 0.15) is 0 Å². The van der Waals surface area contributed by atoms with Crippen LogP contribution in [0.15, 0.2) is 41.3 Å². The van der Waals surface area contributed by atoms with Gasteiger partial charge in [-0.15, -0.1) is 0 Å². The quantitative estimate of drug-likeness (QED) is 0.701. The lowest BCUT2D eigenvalue weighted by molar-refractivity contribution is -0.117. The van der Waals surface area contributed by atoms with Crippen molar-refractivity contribution in [3.8, 4) is 0 Å². The molecule has 0 aliphatic carbocycles. The summed E-state index contributed by atoms with van der Waals surface area (Å²) in [6.07, 6.45) is 2.64. The third-order valence-corrected chi connectivity index (χ3v) is 7.62. The number of hydrogen-bond donors (Lipinski definition) is 2. The van der Waals surface area contributed by atoms with Crippen LogP contribution in [0, 0.1) is 13.8 Å². The summed E-state index contributed by atoms with van der Waals surface area (Å²) in [6.45, 7) is 7.45. The number of urea groups is 1. The molecule has 2 aromatic rings. The number of anilines is 2. The van der Waals surface area contributed by atoms with Crippen molar-refractivity contribution in [3.63, 3.8) is 0 Å². The number of likely N-dealkylation sites (tertiary alicyclic amines) is 1. The molecule has 2 aliphatic heterocycles. The lowest BCUT2D eigenvalue weighted by Gasteiger charge is -2.24. The highest BCUT2D eigenvalue weighted by Crippen LogP contribution is 2.31. The molecule has 0 spiro atoms. The SMILES string of the molecule is Cc1cc(C)cc(NC(=O)C(C)NS(=O)(=O)c2ccc3c(c2)CCN3C(=O)N2CCCC2)c1. The number of carbonyl (C=O) groups is 2. The van der Waals surface area contributed by atoms with Gasteiger partial charge < -0.3 is 10.2 Å². The third-order valence-electron chi connectivity index (χ3n) is 6.08. The minimum atomic E-state index is -3.91. The number of aryl methyl sites for hydroxylation is 2. The summed E-state index contributed by atoms with van der Waals surface area (Å²) in [7, 11) is -3.91. The van der Waals surface area contributed by atoms with Crippen LogP contribution in [-0.4, -0.2) is 50.9 Å². The zero-order chi connectivity index (χ0) is 23.8. The second-order valence-corrected chi connectivity index (χ2v) is 10.6. The van der Waals surface area contributed by atoms with Crippen LogP contribution in [0.1, 0.15) is 36.5 Å². The fraction of sp³-hybridized carbons (Fsp3) is 0.417. The first-order chi connectivity index (χ1) is 15.6. The van der Waals surface area contributed by atoms with Crippen molar-refractivity contribution >= 4 is 33.3 Å². The summed E-state index contributed by atoms with van der Waals surface area (Å²) >= 11 is 0. The molecule has 8 nitrogen and oxygen atoms in total. The van der Waals surface area contributed by atoms with Crippen molar-refractivity contribution in [1.29, 1.82) is 0 Å². The predicted molar refractivity (Wildman–Crippen MR) is 128 cm³/mol. The molecule has 0 radical (unpaired) electrons. The van der Waals surface area contributed by atoms with Crippen molar-refractivity contribution < 1.29 is 18.0 Å². The van der Waals surface area contributed by atoms with E-state index in [-0.39, 0.29) is 10.9 Å². The molecule has 33 heavy (non-hydrogen) atoms. The summed E-state index contributed by atoms with van der Waals surface area (Å²) < 4.78 is 28.4. The molecule has 0 saturated carbocycles. The number of rotatable bonds is 5. The minimum Gasteiger partial charge on any atom is -0.325 e. The van der Waals surface area contributed by atoms with E-state index in [9.17, 15) is 18.0 Å². The Morgan fingerprint density at radius 3 is 2.30 bits per heavy atom. The van der Waals surface area contributed by atoms with Crippen LogP contribution in [0.5, 0.6) is 0 Å². The van der Waals surface area contributed by atoms with Crippen LogP contribution in [0.25, 0.3) is 0 Å². The Bertz CT molecular complexity index is 1170. The number of fused-ring (bicyclic) bond motifs is 1. The molecule has 2 aromatic carbocycles. The second kappa shape index (κ2) is 9.15. The zero-order valence-corrected chi connectivity index (χ0v) is 20.0. The number of carbonyl (C=O) groups excluding carboxylic acids is 2. The lowest BCUT2D eigenvalue weighted by atomic mass is 10.1. The molecule has 9 heteroatoms. The van der Waals surface area contributed by atoms with Crippen molar-refractivity contribution in [2.45, 2.75) is 51.0 Å². The fourth-order valence-corrected chi connectivity index (χ4v) is 5.73. The van der Waals surface area contributed by atoms with Gasteiger partial charge in [0.05, 0.1) is 10.9 Å². The Balaban J connectivity index is 1.45. The molecular weight excluding hydrogens is 440 g/mol. The molecule has 3 amide bonds. The van der Waals surface area contributed by atoms with E-state index in [0.29, 0.717) is 18.7 Å². The highest BCUT2D eigenvalue weighted by atomic mass is 32.2. The average Bonchev–Trinajstić information content (AvgIpc) is 3.42. The molecule has 176 valence electrons. The normalized spacial score (nSPS) is 16.6. The molecule has 1 saturated heterocycles. The Labute approximate surface area is 195 Å². The molecule has 2 aliphatic rings. The zero-order valence-electron chi connectivity index (χ0n) is 19.2. The fourth-order valence-electron chi connectivity index (χ4n) is 4.47. The average molecular weight is 471 g/mol. The van der Waals surface area contributed by atoms with Crippen LogP contribution in [-0.2, 0) is 21.2 Å². The molecule has 1 fully saturated rings. The first kappa shape index (κ1) is 23.3.